The molecule has 0 aliphatic carbocycles. The molecule has 3 nitrogen and oxygen atoms in total. The molecule has 0 N–H and O–H groups in total. The topological polar surface area (TPSA) is 35.5 Å². The Labute approximate surface area is 48.6 Å². The Morgan fingerprint density at radius 3 is 2.75 bits per heavy atom. The second kappa shape index (κ2) is 4.59. The van der Waals surface area contributed by atoms with Crippen LogP contribution in [0, 0.1) is 0 Å². The van der Waals surface area contributed by atoms with E-state index < -0.39 is 6.29 Å². The smallest absolute Gasteiger partial charge is 0.419 e. The molecular weight excluding hydrogens is 108 g/mol. The zero-order valence-electron chi connectivity index (χ0n) is 5.01. The Morgan fingerprint density at radius 2 is 2.38 bits per heavy atom. The summed E-state index contributed by atoms with van der Waals surface area (Å²) < 4.78 is 9.05. The van der Waals surface area contributed by atoms with Crippen molar-refractivity contribution in [2.45, 2.75) is 20.1 Å². The fourth-order valence-corrected chi connectivity index (χ4v) is 0.336. The molecular formula is C5H9O3. The highest BCUT2D eigenvalue weighted by Gasteiger charge is 1.96. The van der Waals surface area contributed by atoms with Gasteiger partial charge < -0.3 is 9.47 Å². The van der Waals surface area contributed by atoms with Crippen molar-refractivity contribution in [3.05, 3.63) is 0 Å². The third-order valence-corrected chi connectivity index (χ3v) is 0.615. The molecule has 0 aliphatic heterocycles. The number of hydrogen-bond donors (Lipinski definition) is 0. The van der Waals surface area contributed by atoms with Gasteiger partial charge in [0.1, 0.15) is 0 Å². The lowest BCUT2D eigenvalue weighted by molar-refractivity contribution is -0.0706. The molecule has 0 saturated carbocycles. The molecule has 0 saturated heterocycles. The van der Waals surface area contributed by atoms with Crippen molar-refractivity contribution in [3.8, 4) is 0 Å². The number of hydrogen-bond acceptors (Lipinski definition) is 3. The van der Waals surface area contributed by atoms with Gasteiger partial charge in [-0.2, -0.15) is 0 Å². The van der Waals surface area contributed by atoms with Gasteiger partial charge in [-0.1, -0.05) is 0 Å². The van der Waals surface area contributed by atoms with Crippen molar-refractivity contribution in [2.24, 2.45) is 0 Å². The molecule has 0 aliphatic rings. The zero-order chi connectivity index (χ0) is 6.41. The van der Waals surface area contributed by atoms with Gasteiger partial charge in [0.05, 0.1) is 0 Å². The molecule has 1 radical (unpaired) electrons. The second-order valence-electron chi connectivity index (χ2n) is 1.22. The number of ether oxygens (including phenoxy) is 2. The third-order valence-electron chi connectivity index (χ3n) is 0.615. The normalized spacial score (nSPS) is 12.8. The van der Waals surface area contributed by atoms with E-state index in [2.05, 4.69) is 4.74 Å². The van der Waals surface area contributed by atoms with Crippen LogP contribution in [0.5, 0.6) is 0 Å². The van der Waals surface area contributed by atoms with E-state index in [1.807, 2.05) is 6.92 Å². The molecule has 0 rings (SSSR count). The van der Waals surface area contributed by atoms with Crippen LogP contribution < -0.4 is 0 Å². The molecule has 8 heavy (non-hydrogen) atoms. The quantitative estimate of drug-likeness (QED) is 0.501. The first-order chi connectivity index (χ1) is 3.81. The molecule has 0 heterocycles. The van der Waals surface area contributed by atoms with Crippen LogP contribution in [0.2, 0.25) is 0 Å². The Hall–Kier alpha value is -0.570. The van der Waals surface area contributed by atoms with Crippen molar-refractivity contribution in [1.82, 2.24) is 0 Å². The van der Waals surface area contributed by atoms with Crippen molar-refractivity contribution in [1.29, 1.82) is 0 Å². The van der Waals surface area contributed by atoms with E-state index in [0.717, 1.165) is 0 Å². The highest BCUT2D eigenvalue weighted by Crippen LogP contribution is 1.87. The monoisotopic (exact) mass is 117 g/mol. The van der Waals surface area contributed by atoms with Crippen molar-refractivity contribution in [3.63, 3.8) is 0 Å². The van der Waals surface area contributed by atoms with Crippen LogP contribution in [-0.2, 0) is 14.3 Å². The molecule has 47 valence electrons. The van der Waals surface area contributed by atoms with Crippen molar-refractivity contribution >= 4 is 6.47 Å². The zero-order valence-corrected chi connectivity index (χ0v) is 5.01. The molecule has 0 amide bonds. The highest BCUT2D eigenvalue weighted by atomic mass is 16.7. The summed E-state index contributed by atoms with van der Waals surface area (Å²) in [5.74, 6) is 0. The van der Waals surface area contributed by atoms with Gasteiger partial charge in [0.2, 0.25) is 6.29 Å². The van der Waals surface area contributed by atoms with Gasteiger partial charge in [-0.3, -0.25) is 0 Å². The fourth-order valence-electron chi connectivity index (χ4n) is 0.336. The molecule has 0 aromatic carbocycles. The van der Waals surface area contributed by atoms with Gasteiger partial charge >= 0.3 is 6.47 Å². The molecule has 0 spiro atoms. The molecule has 1 atom stereocenters. The minimum atomic E-state index is -0.461. The van der Waals surface area contributed by atoms with Gasteiger partial charge in [-0.05, 0) is 13.8 Å². The van der Waals surface area contributed by atoms with Gasteiger partial charge in [0.15, 0.2) is 0 Å². The standard InChI is InChI=1S/C5H9O3/c1-3-7-5(2)8-4-6/h5H,3H2,1-2H3. The van der Waals surface area contributed by atoms with Gasteiger partial charge in [0, 0.05) is 6.61 Å². The first-order valence-corrected chi connectivity index (χ1v) is 2.45. The minimum absolute atomic E-state index is 0.461. The second-order valence-corrected chi connectivity index (χ2v) is 1.22. The van der Waals surface area contributed by atoms with E-state index in [1.165, 1.54) is 6.47 Å². The fraction of sp³-hybridized carbons (Fsp3) is 0.800. The van der Waals surface area contributed by atoms with E-state index in [1.54, 1.807) is 6.92 Å². The van der Waals surface area contributed by atoms with Gasteiger partial charge in [0.25, 0.3) is 0 Å². The predicted molar refractivity (Wildman–Crippen MR) is 27.9 cm³/mol. The van der Waals surface area contributed by atoms with Crippen molar-refractivity contribution < 1.29 is 14.3 Å². The average Bonchev–Trinajstić information content (AvgIpc) is 1.68. The van der Waals surface area contributed by atoms with Gasteiger partial charge in [-0.25, -0.2) is 4.79 Å². The predicted octanol–water partition coefficient (Wildman–Crippen LogP) is 0.453. The average molecular weight is 117 g/mol. The summed E-state index contributed by atoms with van der Waals surface area (Å²) >= 11 is 0. The van der Waals surface area contributed by atoms with Crippen LogP contribution in [0.4, 0.5) is 0 Å². The van der Waals surface area contributed by atoms with Gasteiger partial charge in [-0.15, -0.1) is 0 Å². The Kier molecular flexibility index (Phi) is 4.26. The van der Waals surface area contributed by atoms with E-state index in [0.29, 0.717) is 6.61 Å². The van der Waals surface area contributed by atoms with Crippen LogP contribution in [0.1, 0.15) is 13.8 Å². The molecule has 3 heteroatoms. The summed E-state index contributed by atoms with van der Waals surface area (Å²) in [4.78, 5) is 9.46. The lowest BCUT2D eigenvalue weighted by Crippen LogP contribution is -2.10. The summed E-state index contributed by atoms with van der Waals surface area (Å²) in [5.41, 5.74) is 0. The van der Waals surface area contributed by atoms with E-state index >= 15 is 0 Å². The summed E-state index contributed by atoms with van der Waals surface area (Å²) in [6.07, 6.45) is -0.461. The molecule has 1 unspecified atom stereocenters. The van der Waals surface area contributed by atoms with Crippen LogP contribution in [0.25, 0.3) is 0 Å². The Morgan fingerprint density at radius 1 is 1.75 bits per heavy atom. The number of carbonyl (C=O) groups excluding carboxylic acids is 1. The van der Waals surface area contributed by atoms with Crippen LogP contribution >= 0.6 is 0 Å². The lowest BCUT2D eigenvalue weighted by atomic mass is 10.7. The maximum atomic E-state index is 9.46. The van der Waals surface area contributed by atoms with Crippen LogP contribution in [0.3, 0.4) is 0 Å². The first kappa shape index (κ1) is 7.43. The summed E-state index contributed by atoms with van der Waals surface area (Å²) in [7, 11) is 0. The SMILES string of the molecule is CCOC(C)O[C]=O. The van der Waals surface area contributed by atoms with Crippen LogP contribution in [-0.4, -0.2) is 19.4 Å². The lowest BCUT2D eigenvalue weighted by Gasteiger charge is -2.05. The Balaban J connectivity index is 3.03. The number of rotatable bonds is 4. The van der Waals surface area contributed by atoms with Crippen LogP contribution in [0.15, 0.2) is 0 Å². The summed E-state index contributed by atoms with van der Waals surface area (Å²) in [6, 6.07) is 0. The Bertz CT molecular complexity index is 62.7. The minimum Gasteiger partial charge on any atom is -0.428 e. The third kappa shape index (κ3) is 3.61. The molecule has 0 fully saturated rings. The van der Waals surface area contributed by atoms with E-state index in [9.17, 15) is 4.79 Å². The summed E-state index contributed by atoms with van der Waals surface area (Å²) in [5, 5.41) is 0. The highest BCUT2D eigenvalue weighted by molar-refractivity contribution is 5.38. The first-order valence-electron chi connectivity index (χ1n) is 2.45. The summed E-state index contributed by atoms with van der Waals surface area (Å²) in [6.45, 7) is 5.28. The van der Waals surface area contributed by atoms with Crippen molar-refractivity contribution in [2.75, 3.05) is 6.61 Å². The van der Waals surface area contributed by atoms with E-state index in [4.69, 9.17) is 4.74 Å². The molecule has 0 aromatic heterocycles. The largest absolute Gasteiger partial charge is 0.428 e. The maximum absolute atomic E-state index is 9.46. The molecule has 0 aromatic rings. The molecule has 0 bridgehead atoms. The van der Waals surface area contributed by atoms with E-state index in [-0.39, 0.29) is 0 Å². The maximum Gasteiger partial charge on any atom is 0.419 e.